The lowest BCUT2D eigenvalue weighted by Crippen LogP contribution is -2.13. The van der Waals surface area contributed by atoms with Crippen LogP contribution in [0.4, 0.5) is 0 Å². The van der Waals surface area contributed by atoms with Crippen LogP contribution in [-0.2, 0) is 0 Å². The Balaban J connectivity index is 2.23. The molecule has 1 aromatic carbocycles. The fourth-order valence-electron chi connectivity index (χ4n) is 1.82. The highest BCUT2D eigenvalue weighted by Crippen LogP contribution is 2.32. The van der Waals surface area contributed by atoms with E-state index in [1.807, 2.05) is 36.6 Å². The zero-order valence-electron chi connectivity index (χ0n) is 10.0. The molecule has 0 radical (unpaired) electrons. The molecule has 1 aromatic heterocycles. The normalized spacial score (nSPS) is 12.6. The van der Waals surface area contributed by atoms with Gasteiger partial charge >= 0.3 is 0 Å². The third kappa shape index (κ3) is 3.09. The van der Waals surface area contributed by atoms with Crippen LogP contribution in [0.5, 0.6) is 0 Å². The molecule has 1 nitrogen and oxygen atoms in total. The van der Waals surface area contributed by atoms with Gasteiger partial charge in [0.05, 0.1) is 0 Å². The number of hydrogen-bond donors (Lipinski definition) is 1. The van der Waals surface area contributed by atoms with Crippen molar-refractivity contribution in [1.82, 2.24) is 5.32 Å². The molecule has 17 heavy (non-hydrogen) atoms. The molecule has 1 unspecified atom stereocenters. The number of likely N-dealkylation sites (N-methyl/N-ethyl adjacent to an activating group) is 1. The predicted octanol–water partition coefficient (Wildman–Crippen LogP) is 4.39. The Kier molecular flexibility index (Phi) is 4.21. The van der Waals surface area contributed by atoms with E-state index in [0.717, 1.165) is 11.6 Å². The first-order chi connectivity index (χ1) is 8.20. The zero-order valence-corrected chi connectivity index (χ0v) is 11.6. The highest BCUT2D eigenvalue weighted by atomic mass is 35.5. The fraction of sp³-hybridized carbons (Fsp3) is 0.286. The quantitative estimate of drug-likeness (QED) is 0.864. The lowest BCUT2D eigenvalue weighted by molar-refractivity contribution is 0.687. The van der Waals surface area contributed by atoms with Gasteiger partial charge in [-0.2, -0.15) is 0 Å². The average molecular weight is 266 g/mol. The molecule has 0 saturated heterocycles. The van der Waals surface area contributed by atoms with E-state index in [1.54, 1.807) is 0 Å². The number of hydrogen-bond acceptors (Lipinski definition) is 2. The van der Waals surface area contributed by atoms with Crippen molar-refractivity contribution in [3.63, 3.8) is 0 Å². The maximum absolute atomic E-state index is 6.01. The summed E-state index contributed by atoms with van der Waals surface area (Å²) in [5.41, 5.74) is 1.20. The molecule has 2 aromatic rings. The lowest BCUT2D eigenvalue weighted by atomic mass is 10.1. The molecule has 0 aliphatic rings. The number of halogens is 1. The Hall–Kier alpha value is -0.830. The molecular weight excluding hydrogens is 250 g/mol. The van der Waals surface area contributed by atoms with E-state index < -0.39 is 0 Å². The number of thiophene rings is 1. The molecule has 0 spiro atoms. The molecule has 2 rings (SSSR count). The molecule has 90 valence electrons. The van der Waals surface area contributed by atoms with E-state index in [2.05, 4.69) is 30.4 Å². The summed E-state index contributed by atoms with van der Waals surface area (Å²) in [5.74, 6) is 0.554. The summed E-state index contributed by atoms with van der Waals surface area (Å²) in [6.45, 7) is 3.25. The standard InChI is InChI=1S/C14H16ClNS/c1-10(9-16-2)13-6-7-14(17-13)11-4-3-5-12(15)8-11/h3-8,10,16H,9H2,1-2H3. The van der Waals surface area contributed by atoms with Crippen LogP contribution in [-0.4, -0.2) is 13.6 Å². The van der Waals surface area contributed by atoms with Crippen molar-refractivity contribution < 1.29 is 0 Å². The van der Waals surface area contributed by atoms with Crippen molar-refractivity contribution in [2.24, 2.45) is 0 Å². The number of benzene rings is 1. The molecule has 3 heteroatoms. The van der Waals surface area contributed by atoms with Crippen LogP contribution in [0.15, 0.2) is 36.4 Å². The van der Waals surface area contributed by atoms with Gasteiger partial charge in [-0.05, 0) is 36.9 Å². The van der Waals surface area contributed by atoms with Crippen LogP contribution in [0.1, 0.15) is 17.7 Å². The lowest BCUT2D eigenvalue weighted by Gasteiger charge is -2.07. The molecule has 1 atom stereocenters. The highest BCUT2D eigenvalue weighted by Gasteiger charge is 2.09. The molecule has 1 N–H and O–H groups in total. The van der Waals surface area contributed by atoms with Gasteiger partial charge in [0, 0.05) is 27.2 Å². The van der Waals surface area contributed by atoms with E-state index in [9.17, 15) is 0 Å². The third-order valence-electron chi connectivity index (χ3n) is 2.73. The van der Waals surface area contributed by atoms with Gasteiger partial charge in [-0.25, -0.2) is 0 Å². The van der Waals surface area contributed by atoms with Gasteiger partial charge in [-0.15, -0.1) is 11.3 Å². The first-order valence-corrected chi connectivity index (χ1v) is 6.90. The predicted molar refractivity (Wildman–Crippen MR) is 77.1 cm³/mol. The van der Waals surface area contributed by atoms with Gasteiger partial charge in [-0.3, -0.25) is 0 Å². The Morgan fingerprint density at radius 1 is 1.29 bits per heavy atom. The summed E-state index contributed by atoms with van der Waals surface area (Å²) in [6, 6.07) is 12.4. The van der Waals surface area contributed by atoms with Crippen molar-refractivity contribution in [3.8, 4) is 10.4 Å². The van der Waals surface area contributed by atoms with Crippen molar-refractivity contribution in [2.45, 2.75) is 12.8 Å². The Labute approximate surface area is 111 Å². The Morgan fingerprint density at radius 3 is 2.82 bits per heavy atom. The van der Waals surface area contributed by atoms with Gasteiger partial charge in [0.2, 0.25) is 0 Å². The van der Waals surface area contributed by atoms with Crippen LogP contribution in [0.3, 0.4) is 0 Å². The molecule has 0 saturated carbocycles. The molecule has 1 heterocycles. The van der Waals surface area contributed by atoms with Gasteiger partial charge < -0.3 is 5.32 Å². The van der Waals surface area contributed by atoms with Crippen molar-refractivity contribution in [1.29, 1.82) is 0 Å². The van der Waals surface area contributed by atoms with Crippen LogP contribution < -0.4 is 5.32 Å². The molecule has 0 bridgehead atoms. The summed E-state index contributed by atoms with van der Waals surface area (Å²) in [6.07, 6.45) is 0. The second-order valence-corrected chi connectivity index (χ2v) is 5.72. The maximum Gasteiger partial charge on any atom is 0.0412 e. The zero-order chi connectivity index (χ0) is 12.3. The van der Waals surface area contributed by atoms with E-state index in [0.29, 0.717) is 5.92 Å². The van der Waals surface area contributed by atoms with Gasteiger partial charge in [0.1, 0.15) is 0 Å². The van der Waals surface area contributed by atoms with Gasteiger partial charge in [0.25, 0.3) is 0 Å². The SMILES string of the molecule is CNCC(C)c1ccc(-c2cccc(Cl)c2)s1. The van der Waals surface area contributed by atoms with Crippen molar-refractivity contribution in [3.05, 3.63) is 46.3 Å². The fourth-order valence-corrected chi connectivity index (χ4v) is 3.07. The number of rotatable bonds is 4. The minimum absolute atomic E-state index is 0.554. The van der Waals surface area contributed by atoms with Gasteiger partial charge in [0.15, 0.2) is 0 Å². The molecule has 0 fully saturated rings. The number of nitrogens with one attached hydrogen (secondary N) is 1. The van der Waals surface area contributed by atoms with E-state index >= 15 is 0 Å². The topological polar surface area (TPSA) is 12.0 Å². The maximum atomic E-state index is 6.01. The molecule has 0 aliphatic heterocycles. The summed E-state index contributed by atoms with van der Waals surface area (Å²) >= 11 is 7.85. The van der Waals surface area contributed by atoms with Gasteiger partial charge in [-0.1, -0.05) is 30.7 Å². The summed E-state index contributed by atoms with van der Waals surface area (Å²) in [5, 5.41) is 4.00. The second-order valence-electron chi connectivity index (χ2n) is 4.17. The summed E-state index contributed by atoms with van der Waals surface area (Å²) in [7, 11) is 1.99. The smallest absolute Gasteiger partial charge is 0.0412 e. The molecule has 0 aliphatic carbocycles. The second kappa shape index (κ2) is 5.67. The summed E-state index contributed by atoms with van der Waals surface area (Å²) < 4.78 is 0. The van der Waals surface area contributed by atoms with E-state index in [1.165, 1.54) is 15.3 Å². The van der Waals surface area contributed by atoms with Crippen LogP contribution >= 0.6 is 22.9 Å². The Morgan fingerprint density at radius 2 is 2.12 bits per heavy atom. The minimum atomic E-state index is 0.554. The molecule has 0 amide bonds. The van der Waals surface area contributed by atoms with Crippen LogP contribution in [0, 0.1) is 0 Å². The Bertz CT molecular complexity index is 492. The van der Waals surface area contributed by atoms with E-state index in [-0.39, 0.29) is 0 Å². The van der Waals surface area contributed by atoms with E-state index in [4.69, 9.17) is 11.6 Å². The average Bonchev–Trinajstić information content (AvgIpc) is 2.78. The van der Waals surface area contributed by atoms with Crippen molar-refractivity contribution >= 4 is 22.9 Å². The van der Waals surface area contributed by atoms with Crippen LogP contribution in [0.2, 0.25) is 5.02 Å². The first-order valence-electron chi connectivity index (χ1n) is 5.71. The summed E-state index contributed by atoms with van der Waals surface area (Å²) in [4.78, 5) is 2.69. The van der Waals surface area contributed by atoms with Crippen LogP contribution in [0.25, 0.3) is 10.4 Å². The largest absolute Gasteiger partial charge is 0.319 e. The first kappa shape index (κ1) is 12.6. The monoisotopic (exact) mass is 265 g/mol. The molecular formula is C14H16ClNS. The van der Waals surface area contributed by atoms with Crippen molar-refractivity contribution in [2.75, 3.05) is 13.6 Å². The minimum Gasteiger partial charge on any atom is -0.319 e. The third-order valence-corrected chi connectivity index (χ3v) is 4.33. The highest BCUT2D eigenvalue weighted by molar-refractivity contribution is 7.15.